The van der Waals surface area contributed by atoms with Gasteiger partial charge in [-0.15, -0.1) is 0 Å². The number of rotatable bonds is 7. The van der Waals surface area contributed by atoms with Gasteiger partial charge in [0.1, 0.15) is 23.1 Å². The van der Waals surface area contributed by atoms with Crippen molar-refractivity contribution in [3.8, 4) is 0 Å². The number of aromatic nitrogens is 1. The van der Waals surface area contributed by atoms with E-state index in [-0.39, 0.29) is 39.9 Å². The summed E-state index contributed by atoms with van der Waals surface area (Å²) in [5.41, 5.74) is 0.670. The van der Waals surface area contributed by atoms with Gasteiger partial charge in [-0.25, -0.2) is 21.6 Å². The summed E-state index contributed by atoms with van der Waals surface area (Å²) in [7, 11) is -8.28. The third-order valence-corrected chi connectivity index (χ3v) is 10.1. The van der Waals surface area contributed by atoms with Crippen LogP contribution < -0.4 is 4.72 Å². The van der Waals surface area contributed by atoms with Gasteiger partial charge < -0.3 is 9.80 Å². The molecule has 3 aliphatic rings. The van der Waals surface area contributed by atoms with E-state index < -0.39 is 50.7 Å². The molecule has 204 valence electrons. The lowest BCUT2D eigenvalue weighted by molar-refractivity contribution is -0.167. The summed E-state index contributed by atoms with van der Waals surface area (Å²) in [6, 6.07) is 4.84. The number of piperazine rings is 1. The summed E-state index contributed by atoms with van der Waals surface area (Å²) < 4.78 is 55.6. The van der Waals surface area contributed by atoms with Crippen LogP contribution in [-0.4, -0.2) is 91.4 Å². The number of nitrogens with one attached hydrogen (secondary N) is 1. The molecule has 1 aromatic heterocycles. The van der Waals surface area contributed by atoms with E-state index >= 15 is 0 Å². The van der Waals surface area contributed by atoms with Crippen LogP contribution in [-0.2, 0) is 36.1 Å². The van der Waals surface area contributed by atoms with Gasteiger partial charge in [-0.1, -0.05) is 29.3 Å². The van der Waals surface area contributed by atoms with Crippen LogP contribution in [0.5, 0.6) is 0 Å². The van der Waals surface area contributed by atoms with E-state index in [0.29, 0.717) is 5.56 Å². The molecule has 1 aromatic carbocycles. The zero-order valence-electron chi connectivity index (χ0n) is 20.2. The number of pyridine rings is 1. The van der Waals surface area contributed by atoms with E-state index in [1.54, 1.807) is 29.4 Å². The van der Waals surface area contributed by atoms with Gasteiger partial charge in [0.05, 0.1) is 17.8 Å². The highest BCUT2D eigenvalue weighted by atomic mass is 35.5. The third-order valence-electron chi connectivity index (χ3n) is 6.81. The fourth-order valence-corrected chi connectivity index (χ4v) is 8.05. The summed E-state index contributed by atoms with van der Waals surface area (Å²) in [6.07, 6.45) is 4.59. The molecule has 3 fully saturated rings. The Labute approximate surface area is 230 Å². The average molecular weight is 603 g/mol. The van der Waals surface area contributed by atoms with Gasteiger partial charge in [-0.05, 0) is 42.7 Å². The minimum Gasteiger partial charge on any atom is -0.334 e. The van der Waals surface area contributed by atoms with Crippen molar-refractivity contribution in [3.05, 3.63) is 58.3 Å². The minimum absolute atomic E-state index is 0.0468. The molecule has 3 atom stereocenters. The Bertz CT molecular complexity index is 1490. The molecule has 3 heterocycles. The number of carbonyl (C=O) groups excluding carboxylic acids is 2. The fourth-order valence-electron chi connectivity index (χ4n) is 5.02. The number of carbonyl (C=O) groups is 2. The van der Waals surface area contributed by atoms with Crippen molar-refractivity contribution in [1.82, 2.24) is 23.8 Å². The third kappa shape index (κ3) is 5.27. The second-order valence-electron chi connectivity index (χ2n) is 9.62. The van der Waals surface area contributed by atoms with Gasteiger partial charge >= 0.3 is 0 Å². The van der Waals surface area contributed by atoms with Crippen LogP contribution in [0.1, 0.15) is 18.4 Å². The monoisotopic (exact) mass is 601 g/mol. The van der Waals surface area contributed by atoms with Gasteiger partial charge in [0, 0.05) is 36.4 Å². The van der Waals surface area contributed by atoms with Crippen molar-refractivity contribution < 1.29 is 26.4 Å². The van der Waals surface area contributed by atoms with Crippen LogP contribution in [0.4, 0.5) is 0 Å². The molecule has 2 amide bonds. The minimum atomic E-state index is -4.37. The quantitative estimate of drug-likeness (QED) is 0.501. The lowest BCUT2D eigenvalue weighted by Gasteiger charge is -2.53. The number of halogens is 2. The summed E-state index contributed by atoms with van der Waals surface area (Å²) in [6.45, 7) is -0.518. The molecule has 0 radical (unpaired) electrons. The van der Waals surface area contributed by atoms with Crippen molar-refractivity contribution in [3.63, 3.8) is 0 Å². The second-order valence-corrected chi connectivity index (χ2v) is 14.1. The molecule has 2 aromatic rings. The maximum Gasteiger partial charge on any atom is 0.246 e. The first-order valence-electron chi connectivity index (χ1n) is 11.8. The van der Waals surface area contributed by atoms with E-state index in [9.17, 15) is 26.4 Å². The van der Waals surface area contributed by atoms with Crippen LogP contribution in [0.25, 0.3) is 0 Å². The predicted octanol–water partition coefficient (Wildman–Crippen LogP) is 1.08. The molecule has 3 unspecified atom stereocenters. The lowest BCUT2D eigenvalue weighted by atomic mass is 9.98. The molecule has 2 aliphatic heterocycles. The molecule has 11 nitrogen and oxygen atoms in total. The Balaban J connectivity index is 1.63. The van der Waals surface area contributed by atoms with Gasteiger partial charge in [0.25, 0.3) is 0 Å². The van der Waals surface area contributed by atoms with E-state index in [1.807, 2.05) is 0 Å². The van der Waals surface area contributed by atoms with Crippen molar-refractivity contribution >= 4 is 55.1 Å². The molecule has 1 saturated carbocycles. The smallest absolute Gasteiger partial charge is 0.246 e. The number of fused-ring (bicyclic) bond motifs is 1. The maximum atomic E-state index is 14.0. The van der Waals surface area contributed by atoms with Gasteiger partial charge in [0.15, 0.2) is 0 Å². The molecular formula is C23H25Cl2N5O6S2. The Hall–Kier alpha value is -2.29. The summed E-state index contributed by atoms with van der Waals surface area (Å²) >= 11 is 12.3. The zero-order chi connectivity index (χ0) is 27.4. The SMILES string of the molecule is CS(=O)(=O)NC1CN(S(=O)(=O)c2ccc(Cl)cc2Cl)C2CN(C3CC3)C(=O)C(Cc3cccnc3)N2C1=O. The highest BCUT2D eigenvalue weighted by Crippen LogP contribution is 2.38. The highest BCUT2D eigenvalue weighted by molar-refractivity contribution is 7.89. The number of benzene rings is 1. The van der Waals surface area contributed by atoms with Crippen molar-refractivity contribution in [2.75, 3.05) is 19.3 Å². The molecule has 1 N–H and O–H groups in total. The number of amides is 2. The first-order valence-corrected chi connectivity index (χ1v) is 15.9. The molecule has 5 rings (SSSR count). The van der Waals surface area contributed by atoms with E-state index in [2.05, 4.69) is 9.71 Å². The molecule has 1 aliphatic carbocycles. The largest absolute Gasteiger partial charge is 0.334 e. The van der Waals surface area contributed by atoms with Crippen LogP contribution in [0.3, 0.4) is 0 Å². The Morgan fingerprint density at radius 1 is 1.05 bits per heavy atom. The van der Waals surface area contributed by atoms with Gasteiger partial charge in [-0.2, -0.15) is 4.31 Å². The molecule has 0 bridgehead atoms. The summed E-state index contributed by atoms with van der Waals surface area (Å²) in [5.74, 6) is -0.991. The van der Waals surface area contributed by atoms with Crippen LogP contribution >= 0.6 is 23.2 Å². The lowest BCUT2D eigenvalue weighted by Crippen LogP contribution is -2.76. The first-order chi connectivity index (χ1) is 17.9. The van der Waals surface area contributed by atoms with E-state index in [4.69, 9.17) is 23.2 Å². The van der Waals surface area contributed by atoms with E-state index in [1.165, 1.54) is 23.1 Å². The Kier molecular flexibility index (Phi) is 7.20. The summed E-state index contributed by atoms with van der Waals surface area (Å²) in [4.78, 5) is 34.1. The summed E-state index contributed by atoms with van der Waals surface area (Å²) in [5, 5.41) is 0.118. The topological polar surface area (TPSA) is 137 Å². The normalized spacial score (nSPS) is 25.0. The second kappa shape index (κ2) is 10.0. The molecule has 2 saturated heterocycles. The molecule has 15 heteroatoms. The number of hydrogen-bond acceptors (Lipinski definition) is 7. The van der Waals surface area contributed by atoms with Gasteiger partial charge in [-0.3, -0.25) is 14.6 Å². The van der Waals surface area contributed by atoms with Crippen LogP contribution in [0, 0.1) is 0 Å². The zero-order valence-corrected chi connectivity index (χ0v) is 23.3. The highest BCUT2D eigenvalue weighted by Gasteiger charge is 2.56. The number of sulfonamides is 2. The van der Waals surface area contributed by atoms with Crippen LogP contribution in [0.15, 0.2) is 47.6 Å². The van der Waals surface area contributed by atoms with Crippen molar-refractivity contribution in [1.29, 1.82) is 0 Å². The van der Waals surface area contributed by atoms with Gasteiger partial charge in [0.2, 0.25) is 31.9 Å². The van der Waals surface area contributed by atoms with Crippen molar-refractivity contribution in [2.45, 2.75) is 48.4 Å². The molecule has 38 heavy (non-hydrogen) atoms. The van der Waals surface area contributed by atoms with Crippen molar-refractivity contribution in [2.24, 2.45) is 0 Å². The fraction of sp³-hybridized carbons (Fsp3) is 0.435. The average Bonchev–Trinajstić information content (AvgIpc) is 3.67. The molecular weight excluding hydrogens is 577 g/mol. The van der Waals surface area contributed by atoms with Crippen LogP contribution in [0.2, 0.25) is 10.0 Å². The van der Waals surface area contributed by atoms with E-state index in [0.717, 1.165) is 23.4 Å². The number of hydrogen-bond donors (Lipinski definition) is 1. The predicted molar refractivity (Wildman–Crippen MR) is 139 cm³/mol. The Morgan fingerprint density at radius 2 is 1.79 bits per heavy atom. The number of nitrogens with zero attached hydrogens (tertiary/aromatic N) is 4. The Morgan fingerprint density at radius 3 is 2.39 bits per heavy atom. The molecule has 0 spiro atoms. The standard InChI is InChI=1S/C23H25Cl2N5O6S2/c1-37(33,34)27-18-12-29(38(35,36)20-7-4-15(24)10-17(20)25)21-13-28(16-5-6-16)23(32)19(30(21)22(18)31)9-14-3-2-8-26-11-14/h2-4,7-8,10-11,16,18-19,21,27H,5-6,9,12-13H2,1H3. The first kappa shape index (κ1) is 27.3. The maximum absolute atomic E-state index is 14.0.